The van der Waals surface area contributed by atoms with Gasteiger partial charge in [-0.3, -0.25) is 9.36 Å². The van der Waals surface area contributed by atoms with Crippen LogP contribution in [0.1, 0.15) is 12.0 Å². The average molecular weight is 327 g/mol. The largest absolute Gasteiger partial charge is 0.370 e. The topological polar surface area (TPSA) is 58.1 Å². The lowest BCUT2D eigenvalue weighted by Crippen LogP contribution is -2.40. The van der Waals surface area contributed by atoms with Gasteiger partial charge in [-0.05, 0) is 35.9 Å². The van der Waals surface area contributed by atoms with Gasteiger partial charge in [0.2, 0.25) is 0 Å². The fourth-order valence-corrected chi connectivity index (χ4v) is 4.04. The summed E-state index contributed by atoms with van der Waals surface area (Å²) in [5.41, 5.74) is 2.67. The smallest absolute Gasteiger partial charge is 0.328 e. The number of nitrogens with zero attached hydrogens (tertiary/aromatic N) is 2. The van der Waals surface area contributed by atoms with E-state index in [1.54, 1.807) is 6.07 Å². The molecule has 0 fully saturated rings. The number of thiophene rings is 1. The molecule has 23 heavy (non-hydrogen) atoms. The highest BCUT2D eigenvalue weighted by molar-refractivity contribution is 7.17. The molecule has 0 saturated heterocycles. The molecule has 5 nitrogen and oxygen atoms in total. The monoisotopic (exact) mass is 327 g/mol. The van der Waals surface area contributed by atoms with Crippen molar-refractivity contribution in [3.05, 3.63) is 62.1 Å². The fraction of sp³-hybridized carbons (Fsp3) is 0.294. The van der Waals surface area contributed by atoms with E-state index in [0.29, 0.717) is 23.3 Å². The van der Waals surface area contributed by atoms with E-state index in [1.165, 1.54) is 27.2 Å². The van der Waals surface area contributed by atoms with Crippen molar-refractivity contribution in [2.45, 2.75) is 19.4 Å². The third-order valence-corrected chi connectivity index (χ3v) is 5.29. The number of fused-ring (bicyclic) bond motifs is 2. The van der Waals surface area contributed by atoms with Gasteiger partial charge in [-0.25, -0.2) is 4.79 Å². The molecular formula is C17H17N3O2S. The quantitative estimate of drug-likeness (QED) is 0.802. The van der Waals surface area contributed by atoms with Crippen molar-refractivity contribution in [1.82, 2.24) is 9.55 Å². The summed E-state index contributed by atoms with van der Waals surface area (Å²) in [7, 11) is 0. The minimum absolute atomic E-state index is 0.191. The molecule has 0 saturated carbocycles. The molecule has 0 aliphatic carbocycles. The number of aromatic amines is 1. The lowest BCUT2D eigenvalue weighted by Gasteiger charge is -2.31. The molecule has 3 heterocycles. The molecule has 0 amide bonds. The number of anilines is 1. The highest BCUT2D eigenvalue weighted by Gasteiger charge is 2.17. The molecule has 1 aromatic carbocycles. The molecule has 118 valence electrons. The van der Waals surface area contributed by atoms with Crippen LogP contribution in [-0.4, -0.2) is 22.6 Å². The van der Waals surface area contributed by atoms with Gasteiger partial charge < -0.3 is 9.88 Å². The number of para-hydroxylation sites is 1. The average Bonchev–Trinajstić information content (AvgIpc) is 3.03. The highest BCUT2D eigenvalue weighted by Crippen LogP contribution is 2.26. The van der Waals surface area contributed by atoms with Crippen molar-refractivity contribution in [3.63, 3.8) is 0 Å². The summed E-state index contributed by atoms with van der Waals surface area (Å²) in [5.74, 6) is 0. The van der Waals surface area contributed by atoms with Crippen LogP contribution < -0.4 is 16.1 Å². The maximum atomic E-state index is 12.5. The Hall–Kier alpha value is -2.34. The first-order valence-electron chi connectivity index (χ1n) is 7.77. The second-order valence-corrected chi connectivity index (χ2v) is 6.69. The highest BCUT2D eigenvalue weighted by atomic mass is 32.1. The van der Waals surface area contributed by atoms with Crippen LogP contribution in [0.4, 0.5) is 5.69 Å². The van der Waals surface area contributed by atoms with Gasteiger partial charge in [-0.1, -0.05) is 18.2 Å². The second-order valence-electron chi connectivity index (χ2n) is 5.77. The van der Waals surface area contributed by atoms with Gasteiger partial charge in [0.05, 0.1) is 5.52 Å². The molecular weight excluding hydrogens is 310 g/mol. The molecule has 1 N–H and O–H groups in total. The van der Waals surface area contributed by atoms with Crippen LogP contribution in [0.25, 0.3) is 10.2 Å². The summed E-state index contributed by atoms with van der Waals surface area (Å²) in [5, 5.41) is 1.83. The number of hydrogen-bond donors (Lipinski definition) is 1. The first-order valence-corrected chi connectivity index (χ1v) is 8.65. The Balaban J connectivity index is 1.63. The molecule has 0 radical (unpaired) electrons. The zero-order valence-corrected chi connectivity index (χ0v) is 13.4. The summed E-state index contributed by atoms with van der Waals surface area (Å²) < 4.78 is 1.93. The van der Waals surface area contributed by atoms with E-state index in [9.17, 15) is 9.59 Å². The Bertz CT molecular complexity index is 970. The third kappa shape index (κ3) is 2.49. The van der Waals surface area contributed by atoms with Crippen molar-refractivity contribution >= 4 is 27.2 Å². The van der Waals surface area contributed by atoms with Crippen LogP contribution in [0.5, 0.6) is 0 Å². The summed E-state index contributed by atoms with van der Waals surface area (Å²) in [6.07, 6.45) is 2.20. The number of benzene rings is 1. The van der Waals surface area contributed by atoms with E-state index in [4.69, 9.17) is 0 Å². The zero-order chi connectivity index (χ0) is 15.8. The van der Waals surface area contributed by atoms with E-state index in [1.807, 2.05) is 11.4 Å². The van der Waals surface area contributed by atoms with Crippen molar-refractivity contribution < 1.29 is 0 Å². The molecule has 1 aliphatic heterocycles. The molecule has 1 aliphatic rings. The van der Waals surface area contributed by atoms with Crippen LogP contribution in [-0.2, 0) is 13.0 Å². The van der Waals surface area contributed by atoms with Gasteiger partial charge >= 0.3 is 5.69 Å². The van der Waals surface area contributed by atoms with Gasteiger partial charge in [0.1, 0.15) is 4.70 Å². The summed E-state index contributed by atoms with van der Waals surface area (Å²) in [4.78, 5) is 29.7. The number of hydrogen-bond acceptors (Lipinski definition) is 4. The molecule has 6 heteroatoms. The normalized spacial score (nSPS) is 14.2. The van der Waals surface area contributed by atoms with E-state index in [-0.39, 0.29) is 11.2 Å². The Kier molecular flexibility index (Phi) is 3.53. The first-order chi connectivity index (χ1) is 11.2. The summed E-state index contributed by atoms with van der Waals surface area (Å²) in [6, 6.07) is 10.1. The number of H-pyrrole nitrogens is 1. The second kappa shape index (κ2) is 5.70. The Morgan fingerprint density at radius 1 is 1.13 bits per heavy atom. The number of aromatic nitrogens is 2. The fourth-order valence-electron chi connectivity index (χ4n) is 3.24. The third-order valence-electron chi connectivity index (χ3n) is 4.39. The Labute approximate surface area is 136 Å². The van der Waals surface area contributed by atoms with E-state index >= 15 is 0 Å². The maximum Gasteiger partial charge on any atom is 0.328 e. The molecule has 4 rings (SSSR count). The van der Waals surface area contributed by atoms with E-state index in [0.717, 1.165) is 19.4 Å². The van der Waals surface area contributed by atoms with Gasteiger partial charge in [-0.15, -0.1) is 11.3 Å². The summed E-state index contributed by atoms with van der Waals surface area (Å²) in [6.45, 7) is 2.03. The van der Waals surface area contributed by atoms with Crippen molar-refractivity contribution in [3.8, 4) is 0 Å². The van der Waals surface area contributed by atoms with Crippen LogP contribution in [0.3, 0.4) is 0 Å². The van der Waals surface area contributed by atoms with E-state index < -0.39 is 0 Å². The number of nitrogens with one attached hydrogen (secondary N) is 1. The van der Waals surface area contributed by atoms with Crippen molar-refractivity contribution in [2.75, 3.05) is 18.0 Å². The van der Waals surface area contributed by atoms with Crippen molar-refractivity contribution in [1.29, 1.82) is 0 Å². The molecule has 0 spiro atoms. The molecule has 0 atom stereocenters. The number of rotatable bonds is 3. The lowest BCUT2D eigenvalue weighted by atomic mass is 10.0. The van der Waals surface area contributed by atoms with Crippen LogP contribution >= 0.6 is 11.3 Å². The minimum Gasteiger partial charge on any atom is -0.370 e. The summed E-state index contributed by atoms with van der Waals surface area (Å²) >= 11 is 1.37. The van der Waals surface area contributed by atoms with Crippen LogP contribution in [0, 0.1) is 0 Å². The van der Waals surface area contributed by atoms with Gasteiger partial charge in [0.15, 0.2) is 0 Å². The van der Waals surface area contributed by atoms with Gasteiger partial charge in [0.25, 0.3) is 5.56 Å². The van der Waals surface area contributed by atoms with Gasteiger partial charge in [-0.2, -0.15) is 0 Å². The molecule has 0 bridgehead atoms. The van der Waals surface area contributed by atoms with Gasteiger partial charge in [0, 0.05) is 25.3 Å². The Morgan fingerprint density at radius 3 is 2.91 bits per heavy atom. The minimum atomic E-state index is -0.328. The first kappa shape index (κ1) is 14.3. The van der Waals surface area contributed by atoms with Crippen molar-refractivity contribution in [2.24, 2.45) is 0 Å². The molecule has 3 aromatic rings. The standard InChI is InChI=1S/C17H17N3O2S/c21-16-15-13(7-11-23-15)18-17(22)20(16)10-9-19-8-3-5-12-4-1-2-6-14(12)19/h1-2,4,6-7,11H,3,5,8-10H2,(H,18,22). The maximum absolute atomic E-state index is 12.5. The van der Waals surface area contributed by atoms with E-state index in [2.05, 4.69) is 28.1 Å². The Morgan fingerprint density at radius 2 is 2.00 bits per heavy atom. The zero-order valence-electron chi connectivity index (χ0n) is 12.6. The number of aryl methyl sites for hydroxylation is 1. The molecule has 0 unspecified atom stereocenters. The SMILES string of the molecule is O=c1[nH]c2ccsc2c(=O)n1CCN1CCCc2ccccc21. The lowest BCUT2D eigenvalue weighted by molar-refractivity contribution is 0.593. The predicted molar refractivity (Wildman–Crippen MR) is 93.7 cm³/mol. The predicted octanol–water partition coefficient (Wildman–Crippen LogP) is 2.20. The van der Waals surface area contributed by atoms with Crippen LogP contribution in [0.15, 0.2) is 45.3 Å². The van der Waals surface area contributed by atoms with Crippen LogP contribution in [0.2, 0.25) is 0 Å². The molecule has 2 aromatic heterocycles.